The van der Waals surface area contributed by atoms with E-state index in [4.69, 9.17) is 27.4 Å². The molecule has 0 aromatic heterocycles. The number of carbonyl (C=O) groups excluding carboxylic acids is 5. The average Bonchev–Trinajstić information content (AvgIpc) is 2.61. The molecule has 0 radical (unpaired) electrons. The van der Waals surface area contributed by atoms with E-state index in [1.807, 2.05) is 5.32 Å². The molecule has 0 heterocycles. The molecule has 0 bridgehead atoms. The number of amides is 5. The summed E-state index contributed by atoms with van der Waals surface area (Å²) in [5, 5.41) is 23.6. The van der Waals surface area contributed by atoms with E-state index in [0.29, 0.717) is 0 Å². The predicted octanol–water partition coefficient (Wildman–Crippen LogP) is -4.90. The van der Waals surface area contributed by atoms with Gasteiger partial charge in [-0.3, -0.25) is 28.8 Å². The molecule has 0 aliphatic carbocycles. The summed E-state index contributed by atoms with van der Waals surface area (Å²) in [4.78, 5) is 79.3. The number of hydrogen-bond donors (Lipinski definition) is 8. The highest BCUT2D eigenvalue weighted by atomic mass is 16.4. The number of carboxylic acids is 2. The Kier molecular flexibility index (Phi) is 11.1. The molecular weight excluding hydrogens is 408 g/mol. The van der Waals surface area contributed by atoms with Gasteiger partial charge in [0.05, 0.1) is 25.4 Å². The second kappa shape index (κ2) is 12.7. The zero-order valence-electron chi connectivity index (χ0n) is 15.8. The van der Waals surface area contributed by atoms with Gasteiger partial charge in [-0.2, -0.15) is 0 Å². The van der Waals surface area contributed by atoms with Crippen molar-refractivity contribution < 1.29 is 43.8 Å². The number of nitrogens with one attached hydrogen (secondary N) is 3. The van der Waals surface area contributed by atoms with E-state index in [1.165, 1.54) is 0 Å². The fourth-order valence-electron chi connectivity index (χ4n) is 2.04. The Bertz CT molecular complexity index is 711. The van der Waals surface area contributed by atoms with Crippen LogP contribution in [-0.4, -0.2) is 76.4 Å². The molecule has 30 heavy (non-hydrogen) atoms. The van der Waals surface area contributed by atoms with Crippen molar-refractivity contribution in [2.45, 2.75) is 43.8 Å². The van der Waals surface area contributed by atoms with Crippen LogP contribution in [0.15, 0.2) is 0 Å². The van der Waals surface area contributed by atoms with Gasteiger partial charge >= 0.3 is 11.9 Å². The molecule has 0 saturated heterocycles. The van der Waals surface area contributed by atoms with Gasteiger partial charge in [-0.05, 0) is 6.42 Å². The van der Waals surface area contributed by atoms with Crippen LogP contribution in [0.4, 0.5) is 0 Å². The van der Waals surface area contributed by atoms with Gasteiger partial charge in [0.15, 0.2) is 0 Å². The molecule has 0 aliphatic rings. The lowest BCUT2D eigenvalue weighted by molar-refractivity contribution is -0.143. The third kappa shape index (κ3) is 11.2. The molecular formula is C15H24N6O9. The van der Waals surface area contributed by atoms with Crippen LogP contribution >= 0.6 is 0 Å². The highest BCUT2D eigenvalue weighted by Crippen LogP contribution is 1.99. The standard InChI is InChI=1S/C15H24N6O9/c16-6(1-2-12(25)26)13(27)21-7(3-9(17)22)14(28)19-5-11(24)20-8(15(29)30)4-10(18)23/h6-8H,1-5,16H2,(H2,17,22)(H2,18,23)(H,19,28)(H,20,24)(H,21,27)(H,25,26)(H,29,30). The molecule has 3 atom stereocenters. The molecule has 3 unspecified atom stereocenters. The molecule has 0 fully saturated rings. The van der Waals surface area contributed by atoms with Crippen molar-refractivity contribution in [2.75, 3.05) is 6.54 Å². The van der Waals surface area contributed by atoms with Gasteiger partial charge in [0.1, 0.15) is 12.1 Å². The van der Waals surface area contributed by atoms with Crippen molar-refractivity contribution in [2.24, 2.45) is 17.2 Å². The molecule has 0 rings (SSSR count). The summed E-state index contributed by atoms with van der Waals surface area (Å²) in [7, 11) is 0. The van der Waals surface area contributed by atoms with Crippen LogP contribution in [0.3, 0.4) is 0 Å². The van der Waals surface area contributed by atoms with E-state index >= 15 is 0 Å². The normalized spacial score (nSPS) is 13.2. The van der Waals surface area contributed by atoms with Crippen LogP contribution in [-0.2, 0) is 33.6 Å². The molecule has 0 spiro atoms. The third-order valence-electron chi connectivity index (χ3n) is 3.51. The number of rotatable bonds is 14. The minimum Gasteiger partial charge on any atom is -0.481 e. The first-order valence-electron chi connectivity index (χ1n) is 8.47. The van der Waals surface area contributed by atoms with E-state index in [0.717, 1.165) is 0 Å². The van der Waals surface area contributed by atoms with Gasteiger partial charge in [-0.25, -0.2) is 4.79 Å². The van der Waals surface area contributed by atoms with Crippen molar-refractivity contribution in [3.05, 3.63) is 0 Å². The topological polar surface area (TPSA) is 274 Å². The Hall–Kier alpha value is -3.75. The summed E-state index contributed by atoms with van der Waals surface area (Å²) >= 11 is 0. The van der Waals surface area contributed by atoms with Gasteiger partial charge in [-0.15, -0.1) is 0 Å². The number of carboxylic acid groups (broad SMARTS) is 2. The van der Waals surface area contributed by atoms with E-state index in [2.05, 4.69) is 10.6 Å². The van der Waals surface area contributed by atoms with Crippen LogP contribution in [0.5, 0.6) is 0 Å². The predicted molar refractivity (Wildman–Crippen MR) is 97.0 cm³/mol. The second-order valence-electron chi connectivity index (χ2n) is 6.12. The van der Waals surface area contributed by atoms with Crippen molar-refractivity contribution >= 4 is 41.5 Å². The summed E-state index contributed by atoms with van der Waals surface area (Å²) in [6, 6.07) is -4.41. The maximum absolute atomic E-state index is 12.2. The molecule has 5 amide bonds. The molecule has 0 aromatic rings. The lowest BCUT2D eigenvalue weighted by Gasteiger charge is -2.20. The number of aliphatic carboxylic acids is 2. The minimum atomic E-state index is -1.61. The van der Waals surface area contributed by atoms with Gasteiger partial charge in [0, 0.05) is 6.42 Å². The highest BCUT2D eigenvalue weighted by Gasteiger charge is 2.27. The first-order chi connectivity index (χ1) is 13.8. The summed E-state index contributed by atoms with van der Waals surface area (Å²) in [6.45, 7) is -0.752. The van der Waals surface area contributed by atoms with Crippen molar-refractivity contribution in [1.82, 2.24) is 16.0 Å². The first kappa shape index (κ1) is 26.2. The SMILES string of the molecule is NC(=O)CC(NC(=O)CNC(=O)C(CC(N)=O)NC(=O)C(N)CCC(=O)O)C(=O)O. The van der Waals surface area contributed by atoms with Crippen LogP contribution in [0.1, 0.15) is 25.7 Å². The van der Waals surface area contributed by atoms with Gasteiger partial charge in [0.25, 0.3) is 0 Å². The van der Waals surface area contributed by atoms with Crippen LogP contribution in [0, 0.1) is 0 Å². The summed E-state index contributed by atoms with van der Waals surface area (Å²) in [5.41, 5.74) is 15.4. The smallest absolute Gasteiger partial charge is 0.326 e. The van der Waals surface area contributed by atoms with Crippen LogP contribution in [0.2, 0.25) is 0 Å². The van der Waals surface area contributed by atoms with E-state index in [-0.39, 0.29) is 6.42 Å². The van der Waals surface area contributed by atoms with Crippen molar-refractivity contribution in [1.29, 1.82) is 0 Å². The molecule has 0 aromatic carbocycles. The van der Waals surface area contributed by atoms with Crippen LogP contribution in [0.25, 0.3) is 0 Å². The van der Waals surface area contributed by atoms with Crippen LogP contribution < -0.4 is 33.2 Å². The monoisotopic (exact) mass is 432 g/mol. The van der Waals surface area contributed by atoms with Crippen molar-refractivity contribution in [3.8, 4) is 0 Å². The quantitative estimate of drug-likeness (QED) is 0.129. The zero-order chi connectivity index (χ0) is 23.4. The fraction of sp³-hybridized carbons (Fsp3) is 0.533. The molecule has 11 N–H and O–H groups in total. The summed E-state index contributed by atoms with van der Waals surface area (Å²) in [6.07, 6.45) is -1.96. The lowest BCUT2D eigenvalue weighted by atomic mass is 10.1. The van der Waals surface area contributed by atoms with Gasteiger partial charge in [-0.1, -0.05) is 0 Å². The zero-order valence-corrected chi connectivity index (χ0v) is 15.8. The van der Waals surface area contributed by atoms with Gasteiger partial charge < -0.3 is 43.4 Å². The Labute approximate surface area is 169 Å². The first-order valence-corrected chi connectivity index (χ1v) is 8.47. The lowest BCUT2D eigenvalue weighted by Crippen LogP contribution is -2.54. The Balaban J connectivity index is 4.87. The maximum atomic E-state index is 12.2. The van der Waals surface area contributed by atoms with E-state index < -0.39 is 85.4 Å². The number of carbonyl (C=O) groups is 7. The molecule has 0 aliphatic heterocycles. The average molecular weight is 432 g/mol. The number of hydrogen-bond acceptors (Lipinski definition) is 8. The maximum Gasteiger partial charge on any atom is 0.326 e. The molecule has 168 valence electrons. The molecule has 15 heteroatoms. The Morgan fingerprint density at radius 3 is 1.80 bits per heavy atom. The second-order valence-corrected chi connectivity index (χ2v) is 6.12. The van der Waals surface area contributed by atoms with E-state index in [1.54, 1.807) is 0 Å². The Morgan fingerprint density at radius 2 is 1.33 bits per heavy atom. The number of primary amides is 2. The largest absolute Gasteiger partial charge is 0.481 e. The highest BCUT2D eigenvalue weighted by molar-refractivity contribution is 5.95. The van der Waals surface area contributed by atoms with Gasteiger partial charge in [0.2, 0.25) is 29.5 Å². The molecule has 0 saturated carbocycles. The van der Waals surface area contributed by atoms with E-state index in [9.17, 15) is 33.6 Å². The molecule has 15 nitrogen and oxygen atoms in total. The summed E-state index contributed by atoms with van der Waals surface area (Å²) in [5.74, 6) is -7.57. The summed E-state index contributed by atoms with van der Waals surface area (Å²) < 4.78 is 0. The Morgan fingerprint density at radius 1 is 0.800 bits per heavy atom. The fourth-order valence-corrected chi connectivity index (χ4v) is 2.04. The number of nitrogens with two attached hydrogens (primary N) is 3. The minimum absolute atomic E-state index is 0.231. The van der Waals surface area contributed by atoms with Crippen molar-refractivity contribution in [3.63, 3.8) is 0 Å². The third-order valence-corrected chi connectivity index (χ3v) is 3.51.